The highest BCUT2D eigenvalue weighted by Crippen LogP contribution is 2.49. The first-order valence-electron chi connectivity index (χ1n) is 4.57. The summed E-state index contributed by atoms with van der Waals surface area (Å²) in [7, 11) is 0. The van der Waals surface area contributed by atoms with Crippen LogP contribution in [0, 0.1) is 16.7 Å². The van der Waals surface area contributed by atoms with E-state index in [0.717, 1.165) is 0 Å². The molecule has 2 unspecified atom stereocenters. The zero-order chi connectivity index (χ0) is 11.0. The molecule has 4 heteroatoms. The molecule has 1 rings (SSSR count). The lowest BCUT2D eigenvalue weighted by atomic mass is 9.64. The molecule has 0 saturated carbocycles. The maximum Gasteiger partial charge on any atom is 0.153 e. The van der Waals surface area contributed by atoms with Crippen LogP contribution in [0.25, 0.3) is 0 Å². The van der Waals surface area contributed by atoms with E-state index in [1.165, 1.54) is 6.92 Å². The molecule has 0 aliphatic carbocycles. The van der Waals surface area contributed by atoms with Crippen molar-refractivity contribution >= 4 is 6.29 Å². The summed E-state index contributed by atoms with van der Waals surface area (Å²) in [6.07, 6.45) is 0.800. The van der Waals surface area contributed by atoms with E-state index >= 15 is 0 Å². The highest BCUT2D eigenvalue weighted by molar-refractivity contribution is 5.65. The van der Waals surface area contributed by atoms with Crippen LogP contribution in [0.2, 0.25) is 0 Å². The second-order valence-electron chi connectivity index (χ2n) is 4.39. The van der Waals surface area contributed by atoms with E-state index in [9.17, 15) is 15.2 Å². The van der Waals surface area contributed by atoms with Crippen molar-refractivity contribution in [2.45, 2.75) is 38.4 Å². The molecule has 0 aromatic heterocycles. The number of carbonyl (C=O) groups is 1. The van der Waals surface area contributed by atoms with Crippen molar-refractivity contribution < 1.29 is 14.6 Å². The zero-order valence-corrected chi connectivity index (χ0v) is 8.70. The van der Waals surface area contributed by atoms with Gasteiger partial charge in [0, 0.05) is 6.61 Å². The SMILES string of the molecule is CC(O)(C=O)C1(C#N)CCOC1(C)C. The van der Waals surface area contributed by atoms with Gasteiger partial charge in [-0.25, -0.2) is 0 Å². The van der Waals surface area contributed by atoms with Crippen LogP contribution in [0.4, 0.5) is 0 Å². The zero-order valence-electron chi connectivity index (χ0n) is 8.70. The highest BCUT2D eigenvalue weighted by atomic mass is 16.5. The molecule has 4 nitrogen and oxygen atoms in total. The van der Waals surface area contributed by atoms with Crippen LogP contribution in [0.1, 0.15) is 27.2 Å². The van der Waals surface area contributed by atoms with Gasteiger partial charge in [-0.1, -0.05) is 0 Å². The molecule has 1 aliphatic heterocycles. The van der Waals surface area contributed by atoms with Gasteiger partial charge in [0.2, 0.25) is 0 Å². The fraction of sp³-hybridized carbons (Fsp3) is 0.800. The molecule has 1 heterocycles. The van der Waals surface area contributed by atoms with Crippen molar-refractivity contribution in [2.75, 3.05) is 6.61 Å². The summed E-state index contributed by atoms with van der Waals surface area (Å²) in [6, 6.07) is 2.05. The minimum absolute atomic E-state index is 0.377. The molecule has 0 amide bonds. The summed E-state index contributed by atoms with van der Waals surface area (Å²) in [4.78, 5) is 10.8. The minimum atomic E-state index is -1.66. The van der Waals surface area contributed by atoms with Crippen molar-refractivity contribution in [2.24, 2.45) is 5.41 Å². The third-order valence-electron chi connectivity index (χ3n) is 3.25. The van der Waals surface area contributed by atoms with Crippen LogP contribution in [0.3, 0.4) is 0 Å². The predicted octanol–water partition coefficient (Wildman–Crippen LogP) is 0.645. The lowest BCUT2D eigenvalue weighted by Gasteiger charge is -2.41. The molecule has 14 heavy (non-hydrogen) atoms. The molecule has 1 N–H and O–H groups in total. The number of hydrogen-bond donors (Lipinski definition) is 1. The largest absolute Gasteiger partial charge is 0.381 e. The van der Waals surface area contributed by atoms with Gasteiger partial charge >= 0.3 is 0 Å². The molecular weight excluding hydrogens is 182 g/mol. The monoisotopic (exact) mass is 197 g/mol. The van der Waals surface area contributed by atoms with Crippen molar-refractivity contribution in [1.29, 1.82) is 5.26 Å². The van der Waals surface area contributed by atoms with Gasteiger partial charge in [-0.05, 0) is 27.2 Å². The third kappa shape index (κ3) is 1.17. The second-order valence-corrected chi connectivity index (χ2v) is 4.39. The molecule has 0 aromatic rings. The summed E-state index contributed by atoms with van der Waals surface area (Å²) in [5.74, 6) is 0. The molecule has 0 radical (unpaired) electrons. The average molecular weight is 197 g/mol. The van der Waals surface area contributed by atoms with E-state index in [1.807, 2.05) is 0 Å². The Kier molecular flexibility index (Phi) is 2.42. The smallest absolute Gasteiger partial charge is 0.153 e. The van der Waals surface area contributed by atoms with Crippen molar-refractivity contribution in [1.82, 2.24) is 0 Å². The van der Waals surface area contributed by atoms with Gasteiger partial charge in [0.05, 0.1) is 11.7 Å². The normalized spacial score (nSPS) is 34.5. The first-order valence-corrected chi connectivity index (χ1v) is 4.57. The first-order chi connectivity index (χ1) is 6.33. The summed E-state index contributed by atoms with van der Waals surface area (Å²) < 4.78 is 5.39. The van der Waals surface area contributed by atoms with Crippen LogP contribution in [0.15, 0.2) is 0 Å². The highest BCUT2D eigenvalue weighted by Gasteiger charge is 2.61. The standard InChI is InChI=1S/C10H15NO3/c1-8(2)10(6-11,4-5-14-8)9(3,13)7-12/h7,13H,4-5H2,1-3H3. The maximum absolute atomic E-state index is 10.8. The van der Waals surface area contributed by atoms with Crippen molar-refractivity contribution in [3.8, 4) is 6.07 Å². The number of nitriles is 1. The van der Waals surface area contributed by atoms with Crippen LogP contribution >= 0.6 is 0 Å². The van der Waals surface area contributed by atoms with Gasteiger partial charge in [-0.3, -0.25) is 0 Å². The number of carbonyl (C=O) groups excluding carboxylic acids is 1. The van der Waals surface area contributed by atoms with Crippen LogP contribution in [-0.4, -0.2) is 29.2 Å². The third-order valence-corrected chi connectivity index (χ3v) is 3.25. The number of nitrogens with zero attached hydrogens (tertiary/aromatic N) is 1. The van der Waals surface area contributed by atoms with Gasteiger partial charge in [-0.2, -0.15) is 5.26 Å². The van der Waals surface area contributed by atoms with Crippen LogP contribution in [0.5, 0.6) is 0 Å². The fourth-order valence-corrected chi connectivity index (χ4v) is 2.15. The van der Waals surface area contributed by atoms with Gasteiger partial charge in [0.1, 0.15) is 11.0 Å². The van der Waals surface area contributed by atoms with Crippen molar-refractivity contribution in [3.05, 3.63) is 0 Å². The summed E-state index contributed by atoms with van der Waals surface area (Å²) >= 11 is 0. The summed E-state index contributed by atoms with van der Waals surface area (Å²) in [5.41, 5.74) is -3.62. The second kappa shape index (κ2) is 3.04. The van der Waals surface area contributed by atoms with E-state index in [-0.39, 0.29) is 0 Å². The topological polar surface area (TPSA) is 70.3 Å². The van der Waals surface area contributed by atoms with Gasteiger partial charge in [0.15, 0.2) is 6.29 Å². The Morgan fingerprint density at radius 1 is 1.64 bits per heavy atom. The fourth-order valence-electron chi connectivity index (χ4n) is 2.15. The first kappa shape index (κ1) is 11.2. The molecule has 78 valence electrons. The molecule has 2 atom stereocenters. The quantitative estimate of drug-likeness (QED) is 0.660. The number of ether oxygens (including phenoxy) is 1. The van der Waals surface area contributed by atoms with Crippen molar-refractivity contribution in [3.63, 3.8) is 0 Å². The van der Waals surface area contributed by atoms with E-state index in [2.05, 4.69) is 6.07 Å². The molecule has 0 aromatic carbocycles. The Morgan fingerprint density at radius 3 is 2.50 bits per heavy atom. The minimum Gasteiger partial charge on any atom is -0.381 e. The van der Waals surface area contributed by atoms with Gasteiger partial charge in [-0.15, -0.1) is 0 Å². The molecule has 0 spiro atoms. The maximum atomic E-state index is 10.8. The Hall–Kier alpha value is -0.920. The number of aldehydes is 1. The van der Waals surface area contributed by atoms with E-state index in [1.54, 1.807) is 13.8 Å². The lowest BCUT2D eigenvalue weighted by Crippen LogP contribution is -2.55. The molecule has 1 aliphatic rings. The average Bonchev–Trinajstić information content (AvgIpc) is 2.42. The Morgan fingerprint density at radius 2 is 2.21 bits per heavy atom. The van der Waals surface area contributed by atoms with Crippen LogP contribution < -0.4 is 0 Å². The molecule has 1 fully saturated rings. The molecule has 0 bridgehead atoms. The predicted molar refractivity (Wildman–Crippen MR) is 49.4 cm³/mol. The van der Waals surface area contributed by atoms with E-state index in [0.29, 0.717) is 19.3 Å². The van der Waals surface area contributed by atoms with Gasteiger partial charge in [0.25, 0.3) is 0 Å². The molecule has 1 saturated heterocycles. The molecular formula is C10H15NO3. The number of rotatable bonds is 2. The van der Waals surface area contributed by atoms with E-state index < -0.39 is 16.6 Å². The lowest BCUT2D eigenvalue weighted by molar-refractivity contribution is -0.146. The Balaban J connectivity index is 3.24. The number of hydrogen-bond acceptors (Lipinski definition) is 4. The summed E-state index contributed by atoms with van der Waals surface area (Å²) in [5, 5.41) is 19.1. The van der Waals surface area contributed by atoms with Crippen LogP contribution in [-0.2, 0) is 9.53 Å². The van der Waals surface area contributed by atoms with E-state index in [4.69, 9.17) is 4.74 Å². The Labute approximate surface area is 83.5 Å². The van der Waals surface area contributed by atoms with Gasteiger partial charge < -0.3 is 14.6 Å². The Bertz CT molecular complexity index is 290. The summed E-state index contributed by atoms with van der Waals surface area (Å²) in [6.45, 7) is 5.20. The number of aliphatic hydroxyl groups is 1.